The number of benzene rings is 5. The third-order valence-electron chi connectivity index (χ3n) is 6.43. The summed E-state index contributed by atoms with van der Waals surface area (Å²) in [5.41, 5.74) is 0.707. The Morgan fingerprint density at radius 1 is 0.538 bits per heavy atom. The molecule has 0 aliphatic heterocycles. The fraction of sp³-hybridized carbons (Fsp3) is 0.0667. The van der Waals surface area contributed by atoms with E-state index < -0.39 is 46.6 Å². The van der Waals surface area contributed by atoms with Gasteiger partial charge in [0.25, 0.3) is 0 Å². The number of hydrogen-bond donors (Lipinski definition) is 0. The summed E-state index contributed by atoms with van der Waals surface area (Å²) < 4.78 is 78.1. The minimum absolute atomic E-state index is 0.0653. The molecule has 4 nitrogen and oxygen atoms in total. The van der Waals surface area contributed by atoms with Gasteiger partial charge in [0.1, 0.15) is 11.5 Å². The van der Waals surface area contributed by atoms with Crippen LogP contribution >= 0.6 is 0 Å². The molecule has 0 aromatic heterocycles. The second kappa shape index (κ2) is 9.83. The predicted octanol–water partition coefficient (Wildman–Crippen LogP) is 7.74. The minimum atomic E-state index is -1.77. The maximum Gasteiger partial charge on any atom is 0.346 e. The molecule has 5 rings (SSSR count). The smallest absolute Gasteiger partial charge is 0.346 e. The van der Waals surface area contributed by atoms with Crippen LogP contribution < -0.4 is 9.47 Å². The summed E-state index contributed by atoms with van der Waals surface area (Å²) in [6.07, 6.45) is 0. The molecular formula is C30H17F5O4. The molecule has 5 aromatic carbocycles. The predicted molar refractivity (Wildman–Crippen MR) is 134 cm³/mol. The van der Waals surface area contributed by atoms with Crippen molar-refractivity contribution in [2.75, 3.05) is 0 Å². The largest absolute Gasteiger partial charge is 0.423 e. The fourth-order valence-corrected chi connectivity index (χ4v) is 4.37. The van der Waals surface area contributed by atoms with E-state index in [1.165, 1.54) is 6.07 Å². The van der Waals surface area contributed by atoms with Gasteiger partial charge in [-0.1, -0.05) is 12.1 Å². The number of fused-ring (bicyclic) bond motifs is 2. The maximum atomic E-state index is 14.0. The second-order valence-electron chi connectivity index (χ2n) is 8.80. The number of ether oxygens (including phenoxy) is 2. The Labute approximate surface area is 218 Å². The molecule has 0 N–H and O–H groups in total. The van der Waals surface area contributed by atoms with Gasteiger partial charge in [0.05, 0.1) is 11.1 Å². The number of esters is 2. The van der Waals surface area contributed by atoms with Crippen molar-refractivity contribution in [2.24, 2.45) is 0 Å². The molecule has 0 radical (unpaired) electrons. The molecule has 0 amide bonds. The molecule has 0 saturated heterocycles. The van der Waals surface area contributed by atoms with Crippen molar-refractivity contribution >= 4 is 33.5 Å². The number of carbonyl (C=O) groups is 2. The van der Waals surface area contributed by atoms with Crippen LogP contribution in [0.4, 0.5) is 22.0 Å². The van der Waals surface area contributed by atoms with Gasteiger partial charge >= 0.3 is 11.9 Å². The zero-order valence-corrected chi connectivity index (χ0v) is 20.4. The van der Waals surface area contributed by atoms with E-state index in [0.29, 0.717) is 11.5 Å². The van der Waals surface area contributed by atoms with Crippen molar-refractivity contribution < 1.29 is 41.0 Å². The number of carbonyl (C=O) groups excluding carboxylic acids is 2. The fourth-order valence-electron chi connectivity index (χ4n) is 4.37. The zero-order chi connectivity index (χ0) is 28.0. The van der Waals surface area contributed by atoms with Crippen molar-refractivity contribution in [3.8, 4) is 11.5 Å². The summed E-state index contributed by atoms with van der Waals surface area (Å²) >= 11 is 0. The highest BCUT2D eigenvalue weighted by molar-refractivity contribution is 6.06. The quantitative estimate of drug-likeness (QED) is 0.0775. The van der Waals surface area contributed by atoms with Gasteiger partial charge in [0, 0.05) is 0 Å². The first-order valence-electron chi connectivity index (χ1n) is 11.5. The first-order chi connectivity index (χ1) is 18.5. The SMILES string of the molecule is Cc1c2ccc(OC(=O)c3ccc(F)c(F)c3F)cc2c(C)c2ccc(OC(=O)c3ccc(F)c(F)c3)cc12. The number of rotatable bonds is 4. The molecule has 0 atom stereocenters. The van der Waals surface area contributed by atoms with Gasteiger partial charge in [-0.15, -0.1) is 0 Å². The van der Waals surface area contributed by atoms with Crippen LogP contribution in [-0.2, 0) is 0 Å². The van der Waals surface area contributed by atoms with Gasteiger partial charge in [0.2, 0.25) is 0 Å². The Balaban J connectivity index is 1.47. The standard InChI is InChI=1S/C30H17F5O4/c1-14-20-7-5-18(39-30(37)21-8-10-25(32)28(35)27(21)34)13-23(20)15(2)19-6-4-17(12-22(14)19)38-29(36)16-3-9-24(31)26(33)11-16/h3-13H,1-2H3. The number of hydrogen-bond acceptors (Lipinski definition) is 4. The molecule has 0 aliphatic rings. The highest BCUT2D eigenvalue weighted by Crippen LogP contribution is 2.36. The molecule has 5 aromatic rings. The Hall–Kier alpha value is -4.79. The molecule has 0 heterocycles. The van der Waals surface area contributed by atoms with E-state index in [-0.39, 0.29) is 17.1 Å². The van der Waals surface area contributed by atoms with Gasteiger partial charge in [-0.05, 0) is 101 Å². The molecule has 0 saturated carbocycles. The van der Waals surface area contributed by atoms with Crippen LogP contribution in [0.5, 0.6) is 11.5 Å². The summed E-state index contributed by atoms with van der Waals surface area (Å²) in [7, 11) is 0. The molecule has 0 spiro atoms. The molecule has 0 aliphatic carbocycles. The monoisotopic (exact) mass is 536 g/mol. The molecule has 39 heavy (non-hydrogen) atoms. The lowest BCUT2D eigenvalue weighted by atomic mass is 9.93. The van der Waals surface area contributed by atoms with E-state index in [0.717, 1.165) is 51.6 Å². The summed E-state index contributed by atoms with van der Waals surface area (Å²) in [6, 6.07) is 13.8. The lowest BCUT2D eigenvalue weighted by molar-refractivity contribution is 0.0721. The summed E-state index contributed by atoms with van der Waals surface area (Å²) in [5.74, 6) is -8.86. The van der Waals surface area contributed by atoms with Crippen LogP contribution in [0.1, 0.15) is 31.8 Å². The second-order valence-corrected chi connectivity index (χ2v) is 8.80. The average molecular weight is 536 g/mol. The summed E-state index contributed by atoms with van der Waals surface area (Å²) in [4.78, 5) is 24.9. The van der Waals surface area contributed by atoms with E-state index in [4.69, 9.17) is 9.47 Å². The molecule has 196 valence electrons. The lowest BCUT2D eigenvalue weighted by Crippen LogP contribution is -2.12. The van der Waals surface area contributed by atoms with E-state index in [1.54, 1.807) is 30.3 Å². The normalized spacial score (nSPS) is 11.2. The molecule has 0 unspecified atom stereocenters. The first kappa shape index (κ1) is 25.8. The minimum Gasteiger partial charge on any atom is -0.423 e. The van der Waals surface area contributed by atoms with Gasteiger partial charge in [-0.25, -0.2) is 31.5 Å². The number of halogens is 5. The van der Waals surface area contributed by atoms with Crippen molar-refractivity contribution in [1.82, 2.24) is 0 Å². The zero-order valence-electron chi connectivity index (χ0n) is 20.4. The third-order valence-corrected chi connectivity index (χ3v) is 6.43. The highest BCUT2D eigenvalue weighted by Gasteiger charge is 2.21. The Morgan fingerprint density at radius 3 is 1.64 bits per heavy atom. The lowest BCUT2D eigenvalue weighted by Gasteiger charge is -2.15. The van der Waals surface area contributed by atoms with Crippen LogP contribution in [0.3, 0.4) is 0 Å². The number of aryl methyl sites for hydroxylation is 2. The summed E-state index contributed by atoms with van der Waals surface area (Å²) in [6.45, 7) is 3.67. The Kier molecular flexibility index (Phi) is 6.51. The van der Waals surface area contributed by atoms with Gasteiger partial charge in [0.15, 0.2) is 29.1 Å². The van der Waals surface area contributed by atoms with E-state index >= 15 is 0 Å². The maximum absolute atomic E-state index is 14.0. The van der Waals surface area contributed by atoms with Crippen LogP contribution in [-0.4, -0.2) is 11.9 Å². The van der Waals surface area contributed by atoms with Crippen molar-refractivity contribution in [3.05, 3.63) is 118 Å². The van der Waals surface area contributed by atoms with E-state index in [9.17, 15) is 31.5 Å². The third kappa shape index (κ3) is 4.67. The Morgan fingerprint density at radius 2 is 1.08 bits per heavy atom. The Bertz CT molecular complexity index is 1830. The van der Waals surface area contributed by atoms with Crippen LogP contribution in [0, 0.1) is 42.9 Å². The topological polar surface area (TPSA) is 52.6 Å². The van der Waals surface area contributed by atoms with Crippen LogP contribution in [0.15, 0.2) is 66.7 Å². The van der Waals surface area contributed by atoms with Gasteiger partial charge < -0.3 is 9.47 Å². The van der Waals surface area contributed by atoms with Crippen LogP contribution in [0.25, 0.3) is 21.5 Å². The van der Waals surface area contributed by atoms with Crippen molar-refractivity contribution in [3.63, 3.8) is 0 Å². The average Bonchev–Trinajstić information content (AvgIpc) is 2.91. The van der Waals surface area contributed by atoms with Crippen molar-refractivity contribution in [1.29, 1.82) is 0 Å². The summed E-state index contributed by atoms with van der Waals surface area (Å²) in [5, 5.41) is 3.04. The van der Waals surface area contributed by atoms with Crippen LogP contribution in [0.2, 0.25) is 0 Å². The first-order valence-corrected chi connectivity index (χ1v) is 11.5. The van der Waals surface area contributed by atoms with E-state index in [2.05, 4.69) is 0 Å². The molecule has 9 heteroatoms. The van der Waals surface area contributed by atoms with Gasteiger partial charge in [-0.2, -0.15) is 0 Å². The molecular weight excluding hydrogens is 519 g/mol. The van der Waals surface area contributed by atoms with Crippen molar-refractivity contribution in [2.45, 2.75) is 13.8 Å². The van der Waals surface area contributed by atoms with Gasteiger partial charge in [-0.3, -0.25) is 0 Å². The highest BCUT2D eigenvalue weighted by atomic mass is 19.2. The molecule has 0 fully saturated rings. The molecule has 0 bridgehead atoms. The van der Waals surface area contributed by atoms with E-state index in [1.807, 2.05) is 13.8 Å².